The summed E-state index contributed by atoms with van der Waals surface area (Å²) in [6.07, 6.45) is 0. The summed E-state index contributed by atoms with van der Waals surface area (Å²) in [6, 6.07) is 56.8. The topological polar surface area (TPSA) is 35.1 Å². The van der Waals surface area contributed by atoms with Crippen molar-refractivity contribution < 1.29 is 0 Å². The number of para-hydroxylation sites is 2. The van der Waals surface area contributed by atoms with E-state index in [0.717, 1.165) is 33.2 Å². The molecule has 0 fully saturated rings. The van der Waals surface area contributed by atoms with E-state index in [1.54, 1.807) is 0 Å². The first-order valence-corrected chi connectivity index (χ1v) is 17.1. The zero-order valence-corrected chi connectivity index (χ0v) is 26.8. The molecule has 4 nitrogen and oxygen atoms in total. The summed E-state index contributed by atoms with van der Waals surface area (Å²) in [5.41, 5.74) is 11.2. The minimum Gasteiger partial charge on any atom is -0.308 e. The molecule has 0 bridgehead atoms. The molecule has 0 N–H and O–H groups in total. The summed E-state index contributed by atoms with van der Waals surface area (Å²) >= 11 is 0. The SMILES string of the molecule is c1ccc(-c2ccc(-c3nc(-n4c5ccc6cccc7c6c5c5c6c(ccc8c9ccccc9n7c86)ccc54)nc4ccccc34)cc2)cc1. The van der Waals surface area contributed by atoms with E-state index in [1.165, 1.54) is 70.8 Å². The monoisotopic (exact) mass is 634 g/mol. The second kappa shape index (κ2) is 9.43. The summed E-state index contributed by atoms with van der Waals surface area (Å²) in [7, 11) is 0. The van der Waals surface area contributed by atoms with Gasteiger partial charge in [0.05, 0.1) is 38.8 Å². The number of nitrogens with zero attached hydrogens (tertiary/aromatic N) is 4. The molecule has 0 aliphatic heterocycles. The first-order chi connectivity index (χ1) is 24.8. The molecular formula is C46H26N4. The predicted octanol–water partition coefficient (Wildman–Crippen LogP) is 11.8. The molecule has 50 heavy (non-hydrogen) atoms. The van der Waals surface area contributed by atoms with Gasteiger partial charge in [0.2, 0.25) is 5.95 Å². The van der Waals surface area contributed by atoms with E-state index in [0.29, 0.717) is 5.95 Å². The average Bonchev–Trinajstić information content (AvgIpc) is 3.66. The van der Waals surface area contributed by atoms with Gasteiger partial charge in [-0.05, 0) is 52.2 Å². The maximum Gasteiger partial charge on any atom is 0.235 e. The second-order valence-corrected chi connectivity index (χ2v) is 13.4. The number of aromatic nitrogens is 4. The van der Waals surface area contributed by atoms with Crippen LogP contribution >= 0.6 is 0 Å². The zero-order chi connectivity index (χ0) is 32.5. The fraction of sp³-hybridized carbons (Fsp3) is 0. The van der Waals surface area contributed by atoms with Crippen LogP contribution in [0.4, 0.5) is 0 Å². The third-order valence-corrected chi connectivity index (χ3v) is 10.8. The van der Waals surface area contributed by atoms with Gasteiger partial charge in [-0.25, -0.2) is 9.97 Å². The molecule has 4 aromatic heterocycles. The van der Waals surface area contributed by atoms with Crippen LogP contribution in [0.2, 0.25) is 0 Å². The van der Waals surface area contributed by atoms with Crippen LogP contribution in [0.1, 0.15) is 0 Å². The highest BCUT2D eigenvalue weighted by Gasteiger charge is 2.25. The molecule has 12 rings (SSSR count). The summed E-state index contributed by atoms with van der Waals surface area (Å²) in [5, 5.41) is 11.1. The summed E-state index contributed by atoms with van der Waals surface area (Å²) in [4.78, 5) is 10.7. The van der Waals surface area contributed by atoms with E-state index in [2.05, 4.69) is 167 Å². The molecule has 0 aliphatic carbocycles. The molecule has 4 heterocycles. The summed E-state index contributed by atoms with van der Waals surface area (Å²) in [5.74, 6) is 0.676. The molecule has 0 unspecified atom stereocenters. The van der Waals surface area contributed by atoms with Crippen LogP contribution < -0.4 is 0 Å². The Morgan fingerprint density at radius 3 is 1.84 bits per heavy atom. The first kappa shape index (κ1) is 26.2. The van der Waals surface area contributed by atoms with Crippen molar-refractivity contribution in [1.82, 2.24) is 18.9 Å². The van der Waals surface area contributed by atoms with Crippen LogP contribution in [0.25, 0.3) is 110 Å². The lowest BCUT2D eigenvalue weighted by molar-refractivity contribution is 1.01. The van der Waals surface area contributed by atoms with Crippen molar-refractivity contribution in [3.05, 3.63) is 158 Å². The summed E-state index contributed by atoms with van der Waals surface area (Å²) < 4.78 is 4.80. The first-order valence-electron chi connectivity index (χ1n) is 17.1. The quantitative estimate of drug-likeness (QED) is 0.194. The minimum atomic E-state index is 0.676. The lowest BCUT2D eigenvalue weighted by atomic mass is 9.98. The third kappa shape index (κ3) is 3.30. The molecule has 0 saturated heterocycles. The van der Waals surface area contributed by atoms with Gasteiger partial charge in [-0.2, -0.15) is 0 Å². The average molecular weight is 635 g/mol. The number of rotatable bonds is 3. The van der Waals surface area contributed by atoms with E-state index in [9.17, 15) is 0 Å². The standard InChI is InChI=1S/C46H26N4/c1-2-9-27(10-3-1)28-17-19-31(20-18-28)44-34-13-4-6-14-35(34)47-46(48-44)50-38-25-22-29-11-8-16-37-40(29)42(38)43-39(50)26-23-30-21-24-33-32-12-5-7-15-36(32)49(37)45(33)41(30)43/h1-26H. The Balaban J connectivity index is 1.23. The number of benzene rings is 8. The van der Waals surface area contributed by atoms with Crippen molar-refractivity contribution in [2.45, 2.75) is 0 Å². The van der Waals surface area contributed by atoms with Gasteiger partial charge < -0.3 is 4.40 Å². The smallest absolute Gasteiger partial charge is 0.235 e. The Morgan fingerprint density at radius 1 is 0.360 bits per heavy atom. The fourth-order valence-corrected chi connectivity index (χ4v) is 8.70. The van der Waals surface area contributed by atoms with Crippen molar-refractivity contribution in [2.24, 2.45) is 0 Å². The van der Waals surface area contributed by atoms with Crippen LogP contribution in [-0.2, 0) is 0 Å². The molecule has 4 heteroatoms. The second-order valence-electron chi connectivity index (χ2n) is 13.4. The Morgan fingerprint density at radius 2 is 1.00 bits per heavy atom. The molecule has 0 aliphatic rings. The minimum absolute atomic E-state index is 0.676. The Bertz CT molecular complexity index is 3300. The van der Waals surface area contributed by atoms with Gasteiger partial charge >= 0.3 is 0 Å². The van der Waals surface area contributed by atoms with Gasteiger partial charge in [0.15, 0.2) is 0 Å². The van der Waals surface area contributed by atoms with E-state index < -0.39 is 0 Å². The van der Waals surface area contributed by atoms with E-state index in [4.69, 9.17) is 9.97 Å². The fourth-order valence-electron chi connectivity index (χ4n) is 8.70. The molecular weight excluding hydrogens is 609 g/mol. The van der Waals surface area contributed by atoms with Crippen LogP contribution in [0.3, 0.4) is 0 Å². The molecule has 0 amide bonds. The largest absolute Gasteiger partial charge is 0.308 e. The number of hydrogen-bond donors (Lipinski definition) is 0. The van der Waals surface area contributed by atoms with Crippen molar-refractivity contribution in [2.75, 3.05) is 0 Å². The lowest BCUT2D eigenvalue weighted by Gasteiger charge is -2.13. The molecule has 0 saturated carbocycles. The van der Waals surface area contributed by atoms with Crippen molar-refractivity contribution in [3.63, 3.8) is 0 Å². The number of fused-ring (bicyclic) bond motifs is 5. The summed E-state index contributed by atoms with van der Waals surface area (Å²) in [6.45, 7) is 0. The van der Waals surface area contributed by atoms with Gasteiger partial charge in [0.1, 0.15) is 0 Å². The number of hydrogen-bond acceptors (Lipinski definition) is 2. The van der Waals surface area contributed by atoms with Crippen molar-refractivity contribution >= 4 is 81.6 Å². The Hall–Kier alpha value is -6.78. The molecule has 0 radical (unpaired) electrons. The molecule has 0 atom stereocenters. The molecule has 0 spiro atoms. The lowest BCUT2D eigenvalue weighted by Crippen LogP contribution is -2.03. The van der Waals surface area contributed by atoms with E-state index >= 15 is 0 Å². The zero-order valence-electron chi connectivity index (χ0n) is 26.8. The predicted molar refractivity (Wildman–Crippen MR) is 208 cm³/mol. The maximum atomic E-state index is 5.43. The van der Waals surface area contributed by atoms with E-state index in [-0.39, 0.29) is 0 Å². The van der Waals surface area contributed by atoms with Crippen LogP contribution in [-0.4, -0.2) is 18.9 Å². The maximum absolute atomic E-state index is 5.43. The van der Waals surface area contributed by atoms with Crippen LogP contribution in [0.5, 0.6) is 0 Å². The normalized spacial score (nSPS) is 12.4. The Kier molecular flexibility index (Phi) is 4.94. The van der Waals surface area contributed by atoms with Crippen LogP contribution in [0.15, 0.2) is 158 Å². The highest BCUT2D eigenvalue weighted by molar-refractivity contribution is 6.37. The highest BCUT2D eigenvalue weighted by Crippen LogP contribution is 2.47. The van der Waals surface area contributed by atoms with Gasteiger partial charge in [0.25, 0.3) is 0 Å². The van der Waals surface area contributed by atoms with Crippen LogP contribution in [0, 0.1) is 0 Å². The van der Waals surface area contributed by atoms with Gasteiger partial charge in [-0.15, -0.1) is 0 Å². The highest BCUT2D eigenvalue weighted by atomic mass is 15.2. The molecule has 230 valence electrons. The van der Waals surface area contributed by atoms with E-state index in [1.807, 2.05) is 0 Å². The van der Waals surface area contributed by atoms with Crippen molar-refractivity contribution in [3.8, 4) is 28.3 Å². The van der Waals surface area contributed by atoms with Gasteiger partial charge in [-0.3, -0.25) is 4.57 Å². The third-order valence-electron chi connectivity index (χ3n) is 10.8. The Labute approximate surface area is 285 Å². The van der Waals surface area contributed by atoms with Crippen molar-refractivity contribution in [1.29, 1.82) is 0 Å². The van der Waals surface area contributed by atoms with Gasteiger partial charge in [0, 0.05) is 43.3 Å². The van der Waals surface area contributed by atoms with Gasteiger partial charge in [-0.1, -0.05) is 127 Å². The molecule has 8 aromatic carbocycles. The molecule has 12 aromatic rings.